The number of methoxy groups -OCH3 is 1. The Morgan fingerprint density at radius 2 is 1.97 bits per heavy atom. The highest BCUT2D eigenvalue weighted by Gasteiger charge is 2.34. The number of rotatable bonds is 6. The van der Waals surface area contributed by atoms with E-state index in [1.54, 1.807) is 18.2 Å². The number of hydrogen-bond donors (Lipinski definition) is 1. The number of nitrogens with one attached hydrogen (secondary N) is 1. The average molecular weight is 441 g/mol. The minimum atomic E-state index is -3.83. The second kappa shape index (κ2) is 9.11. The lowest BCUT2D eigenvalue weighted by Gasteiger charge is -2.34. The number of amides is 1. The maximum Gasteiger partial charge on any atom is 0.243 e. The van der Waals surface area contributed by atoms with Gasteiger partial charge in [-0.1, -0.05) is 18.0 Å². The standard InChI is InChI=1S/C20H22ClFN2O4S/c1-28-19-10-5-14(21)12-18(19)23-20(25)13-16-4-2-3-11-24(16)29(26,27)17-8-6-15(22)7-9-17/h5-10,12,16H,2-4,11,13H2,1H3,(H,23,25). The molecule has 156 valence electrons. The molecule has 3 rings (SSSR count). The molecule has 0 bridgehead atoms. The zero-order valence-corrected chi connectivity index (χ0v) is 17.5. The molecule has 0 saturated carbocycles. The molecule has 1 aliphatic heterocycles. The van der Waals surface area contributed by atoms with Gasteiger partial charge >= 0.3 is 0 Å². The molecule has 0 aromatic heterocycles. The Labute approximate surface area is 174 Å². The van der Waals surface area contributed by atoms with E-state index in [0.717, 1.165) is 18.6 Å². The largest absolute Gasteiger partial charge is 0.495 e. The van der Waals surface area contributed by atoms with Crippen molar-refractivity contribution in [2.45, 2.75) is 36.6 Å². The van der Waals surface area contributed by atoms with Gasteiger partial charge in [0.15, 0.2) is 0 Å². The average Bonchev–Trinajstić information content (AvgIpc) is 2.69. The molecule has 1 fully saturated rings. The number of nitrogens with zero attached hydrogens (tertiary/aromatic N) is 1. The monoisotopic (exact) mass is 440 g/mol. The van der Waals surface area contributed by atoms with Crippen LogP contribution in [0.4, 0.5) is 10.1 Å². The highest BCUT2D eigenvalue weighted by atomic mass is 35.5. The van der Waals surface area contributed by atoms with Crippen LogP contribution in [0.2, 0.25) is 5.02 Å². The molecule has 1 N–H and O–H groups in total. The Balaban J connectivity index is 1.77. The maximum absolute atomic E-state index is 13.2. The maximum atomic E-state index is 13.2. The molecular weight excluding hydrogens is 419 g/mol. The van der Waals surface area contributed by atoms with Crippen molar-refractivity contribution < 1.29 is 22.3 Å². The molecule has 0 aliphatic carbocycles. The topological polar surface area (TPSA) is 75.7 Å². The van der Waals surface area contributed by atoms with E-state index in [0.29, 0.717) is 35.8 Å². The van der Waals surface area contributed by atoms with Crippen LogP contribution in [0.5, 0.6) is 5.75 Å². The number of ether oxygens (including phenoxy) is 1. The summed E-state index contributed by atoms with van der Waals surface area (Å²) in [7, 11) is -2.34. The van der Waals surface area contributed by atoms with Crippen LogP contribution in [0.25, 0.3) is 0 Å². The highest BCUT2D eigenvalue weighted by molar-refractivity contribution is 7.89. The van der Waals surface area contributed by atoms with Crippen molar-refractivity contribution in [3.63, 3.8) is 0 Å². The van der Waals surface area contributed by atoms with Gasteiger partial charge in [-0.15, -0.1) is 0 Å². The van der Waals surface area contributed by atoms with E-state index in [-0.39, 0.29) is 17.2 Å². The number of hydrogen-bond acceptors (Lipinski definition) is 4. The van der Waals surface area contributed by atoms with Gasteiger partial charge in [-0.05, 0) is 55.3 Å². The lowest BCUT2D eigenvalue weighted by molar-refractivity contribution is -0.117. The summed E-state index contributed by atoms with van der Waals surface area (Å²) in [4.78, 5) is 12.6. The van der Waals surface area contributed by atoms with Crippen molar-refractivity contribution >= 4 is 33.2 Å². The number of anilines is 1. The van der Waals surface area contributed by atoms with Gasteiger partial charge in [-0.3, -0.25) is 4.79 Å². The molecule has 6 nitrogen and oxygen atoms in total. The molecule has 0 radical (unpaired) electrons. The quantitative estimate of drug-likeness (QED) is 0.735. The van der Waals surface area contributed by atoms with Gasteiger partial charge in [-0.25, -0.2) is 12.8 Å². The van der Waals surface area contributed by atoms with Crippen molar-refractivity contribution in [3.8, 4) is 5.75 Å². The van der Waals surface area contributed by atoms with Crippen LogP contribution in [-0.2, 0) is 14.8 Å². The first-order chi connectivity index (χ1) is 13.8. The summed E-state index contributed by atoms with van der Waals surface area (Å²) in [5, 5.41) is 3.19. The lowest BCUT2D eigenvalue weighted by atomic mass is 10.0. The Kier molecular flexibility index (Phi) is 6.77. The van der Waals surface area contributed by atoms with Crippen LogP contribution >= 0.6 is 11.6 Å². The number of piperidine rings is 1. The SMILES string of the molecule is COc1ccc(Cl)cc1NC(=O)CC1CCCCN1S(=O)(=O)c1ccc(F)cc1. The molecule has 1 saturated heterocycles. The summed E-state index contributed by atoms with van der Waals surface area (Å²) < 4.78 is 45.8. The first kappa shape index (κ1) is 21.5. The van der Waals surface area contributed by atoms with Crippen molar-refractivity contribution in [1.82, 2.24) is 4.31 Å². The number of sulfonamides is 1. The second-order valence-corrected chi connectivity index (χ2v) is 9.14. The second-order valence-electron chi connectivity index (χ2n) is 6.82. The Morgan fingerprint density at radius 1 is 1.24 bits per heavy atom. The van der Waals surface area contributed by atoms with Gasteiger partial charge in [-0.2, -0.15) is 4.31 Å². The van der Waals surface area contributed by atoms with E-state index in [1.165, 1.54) is 23.5 Å². The molecule has 1 unspecified atom stereocenters. The first-order valence-electron chi connectivity index (χ1n) is 9.22. The number of benzene rings is 2. The third kappa shape index (κ3) is 5.07. The predicted molar refractivity (Wildman–Crippen MR) is 109 cm³/mol. The number of carbonyl (C=O) groups is 1. The molecule has 2 aromatic carbocycles. The third-order valence-electron chi connectivity index (χ3n) is 4.85. The van der Waals surface area contributed by atoms with Gasteiger partial charge in [0.25, 0.3) is 0 Å². The Hall–Kier alpha value is -2.16. The molecule has 29 heavy (non-hydrogen) atoms. The van der Waals surface area contributed by atoms with Crippen LogP contribution in [0.15, 0.2) is 47.4 Å². The zero-order chi connectivity index (χ0) is 21.0. The zero-order valence-electron chi connectivity index (χ0n) is 15.9. The van der Waals surface area contributed by atoms with Crippen LogP contribution in [-0.4, -0.2) is 38.3 Å². The van der Waals surface area contributed by atoms with Crippen molar-refractivity contribution in [2.24, 2.45) is 0 Å². The minimum absolute atomic E-state index is 0.00388. The smallest absolute Gasteiger partial charge is 0.243 e. The Bertz CT molecular complexity index is 982. The van der Waals surface area contributed by atoms with E-state index in [9.17, 15) is 17.6 Å². The normalized spacial score (nSPS) is 17.7. The summed E-state index contributed by atoms with van der Waals surface area (Å²) in [6.07, 6.45) is 2.10. The van der Waals surface area contributed by atoms with E-state index < -0.39 is 21.9 Å². The molecule has 1 amide bonds. The molecule has 9 heteroatoms. The van der Waals surface area contributed by atoms with E-state index in [1.807, 2.05) is 0 Å². The van der Waals surface area contributed by atoms with Crippen LogP contribution in [0.3, 0.4) is 0 Å². The number of halogens is 2. The van der Waals surface area contributed by atoms with Crippen molar-refractivity contribution in [3.05, 3.63) is 53.3 Å². The van der Waals surface area contributed by atoms with Crippen molar-refractivity contribution in [1.29, 1.82) is 0 Å². The fraction of sp³-hybridized carbons (Fsp3) is 0.350. The molecule has 1 aliphatic rings. The summed E-state index contributed by atoms with van der Waals surface area (Å²) in [6.45, 7) is 0.318. The molecule has 0 spiro atoms. The summed E-state index contributed by atoms with van der Waals surface area (Å²) >= 11 is 5.99. The first-order valence-corrected chi connectivity index (χ1v) is 11.0. The van der Waals surface area contributed by atoms with E-state index in [4.69, 9.17) is 16.3 Å². The van der Waals surface area contributed by atoms with Gasteiger partial charge < -0.3 is 10.1 Å². The van der Waals surface area contributed by atoms with Gasteiger partial charge in [0.2, 0.25) is 15.9 Å². The lowest BCUT2D eigenvalue weighted by Crippen LogP contribution is -2.45. The van der Waals surface area contributed by atoms with Crippen LogP contribution in [0.1, 0.15) is 25.7 Å². The summed E-state index contributed by atoms with van der Waals surface area (Å²) in [5.74, 6) is -0.382. The molecular formula is C20H22ClFN2O4S. The summed E-state index contributed by atoms with van der Waals surface area (Å²) in [6, 6.07) is 9.10. The van der Waals surface area contributed by atoms with Gasteiger partial charge in [0.05, 0.1) is 17.7 Å². The van der Waals surface area contributed by atoms with E-state index in [2.05, 4.69) is 5.32 Å². The molecule has 1 atom stereocenters. The fourth-order valence-electron chi connectivity index (χ4n) is 3.43. The van der Waals surface area contributed by atoms with Gasteiger partial charge in [0.1, 0.15) is 11.6 Å². The van der Waals surface area contributed by atoms with Crippen LogP contribution in [0, 0.1) is 5.82 Å². The number of carbonyl (C=O) groups excluding carboxylic acids is 1. The fourth-order valence-corrected chi connectivity index (χ4v) is 5.29. The third-order valence-corrected chi connectivity index (χ3v) is 7.05. The predicted octanol–water partition coefficient (Wildman–Crippen LogP) is 4.06. The van der Waals surface area contributed by atoms with Crippen LogP contribution < -0.4 is 10.1 Å². The minimum Gasteiger partial charge on any atom is -0.495 e. The highest BCUT2D eigenvalue weighted by Crippen LogP contribution is 2.30. The summed E-state index contributed by atoms with van der Waals surface area (Å²) in [5.41, 5.74) is 0.425. The Morgan fingerprint density at radius 3 is 2.66 bits per heavy atom. The molecule has 1 heterocycles. The van der Waals surface area contributed by atoms with Gasteiger partial charge in [0, 0.05) is 24.0 Å². The molecule has 2 aromatic rings. The van der Waals surface area contributed by atoms with Crippen molar-refractivity contribution in [2.75, 3.05) is 19.0 Å². The van der Waals surface area contributed by atoms with E-state index >= 15 is 0 Å².